The van der Waals surface area contributed by atoms with E-state index in [-0.39, 0.29) is 12.4 Å². The van der Waals surface area contributed by atoms with Crippen molar-refractivity contribution < 1.29 is 18.7 Å². The van der Waals surface area contributed by atoms with Crippen LogP contribution < -0.4 is 5.32 Å². The molecule has 1 aromatic heterocycles. The molecule has 0 radical (unpaired) electrons. The van der Waals surface area contributed by atoms with Crippen molar-refractivity contribution >= 4 is 5.97 Å². The Morgan fingerprint density at radius 1 is 1.69 bits per heavy atom. The number of alkyl halides is 2. The number of hydrogen-bond acceptors (Lipinski definition) is 3. The Morgan fingerprint density at radius 2 is 2.31 bits per heavy atom. The number of aromatic nitrogens is 2. The minimum atomic E-state index is -2.67. The van der Waals surface area contributed by atoms with Gasteiger partial charge in [-0.05, 0) is 13.8 Å². The van der Waals surface area contributed by atoms with E-state index in [1.807, 2.05) is 0 Å². The molecule has 0 bridgehead atoms. The van der Waals surface area contributed by atoms with Gasteiger partial charge in [0.25, 0.3) is 0 Å². The maximum Gasteiger partial charge on any atom is 0.323 e. The highest BCUT2D eigenvalue weighted by atomic mass is 19.3. The number of carbonyl (C=O) groups is 1. The summed E-state index contributed by atoms with van der Waals surface area (Å²) in [6.07, 6.45) is 2.40. The fourth-order valence-electron chi connectivity index (χ4n) is 1.03. The Balaban J connectivity index is 2.68. The molecule has 0 fully saturated rings. The van der Waals surface area contributed by atoms with E-state index in [4.69, 9.17) is 5.11 Å². The second-order valence-electron chi connectivity index (χ2n) is 3.81. The van der Waals surface area contributed by atoms with Crippen LogP contribution in [0.25, 0.3) is 0 Å². The molecule has 0 aliphatic heterocycles. The zero-order valence-electron chi connectivity index (χ0n) is 8.94. The molecule has 7 heteroatoms. The number of imidazole rings is 1. The number of aliphatic carboxylic acids is 1. The molecule has 0 amide bonds. The van der Waals surface area contributed by atoms with Crippen LogP contribution in [0.5, 0.6) is 0 Å². The minimum absolute atomic E-state index is 0.0311. The predicted molar refractivity (Wildman–Crippen MR) is 52.0 cm³/mol. The lowest BCUT2D eigenvalue weighted by Gasteiger charge is -2.20. The van der Waals surface area contributed by atoms with Crippen molar-refractivity contribution in [2.45, 2.75) is 32.5 Å². The first-order valence-corrected chi connectivity index (χ1v) is 4.63. The third-order valence-corrected chi connectivity index (χ3v) is 2.18. The summed E-state index contributed by atoms with van der Waals surface area (Å²) in [4.78, 5) is 14.5. The Bertz CT molecular complexity index is 377. The smallest absolute Gasteiger partial charge is 0.323 e. The second-order valence-corrected chi connectivity index (χ2v) is 3.81. The Kier molecular flexibility index (Phi) is 3.58. The maximum absolute atomic E-state index is 12.4. The van der Waals surface area contributed by atoms with Gasteiger partial charge >= 0.3 is 12.5 Å². The highest BCUT2D eigenvalue weighted by Crippen LogP contribution is 2.13. The van der Waals surface area contributed by atoms with Gasteiger partial charge in [0.15, 0.2) is 0 Å². The molecular formula is C9H13F2N3O2. The van der Waals surface area contributed by atoms with E-state index in [0.29, 0.717) is 4.57 Å². The highest BCUT2D eigenvalue weighted by Gasteiger charge is 2.26. The number of nitrogens with zero attached hydrogens (tertiary/aromatic N) is 2. The summed E-state index contributed by atoms with van der Waals surface area (Å²) in [6.45, 7) is 0.194. The van der Waals surface area contributed by atoms with Crippen molar-refractivity contribution in [2.24, 2.45) is 0 Å². The lowest BCUT2D eigenvalue weighted by molar-refractivity contribution is -0.143. The topological polar surface area (TPSA) is 67.2 Å². The van der Waals surface area contributed by atoms with E-state index in [2.05, 4.69) is 10.3 Å². The van der Waals surface area contributed by atoms with E-state index in [1.54, 1.807) is 0 Å². The predicted octanol–water partition coefficient (Wildman–Crippen LogP) is 1.23. The first-order chi connectivity index (χ1) is 7.34. The van der Waals surface area contributed by atoms with Gasteiger partial charge in [0.05, 0.1) is 6.54 Å². The van der Waals surface area contributed by atoms with E-state index in [9.17, 15) is 13.6 Å². The fraction of sp³-hybridized carbons (Fsp3) is 0.556. The van der Waals surface area contributed by atoms with Crippen molar-refractivity contribution in [3.05, 3.63) is 18.2 Å². The summed E-state index contributed by atoms with van der Waals surface area (Å²) in [5, 5.41) is 11.5. The van der Waals surface area contributed by atoms with Gasteiger partial charge < -0.3 is 5.11 Å². The Morgan fingerprint density at radius 3 is 2.81 bits per heavy atom. The van der Waals surface area contributed by atoms with Gasteiger partial charge in [-0.1, -0.05) is 0 Å². The number of halogens is 2. The summed E-state index contributed by atoms with van der Waals surface area (Å²) in [5.41, 5.74) is -1.18. The molecule has 2 N–H and O–H groups in total. The molecule has 0 spiro atoms. The standard InChI is InChI=1S/C9H13F2N3O2/c1-9(2,7(15)16)13-5-6-12-3-4-14(6)8(10)11/h3-4,8,13H,5H2,1-2H3,(H,15,16). The van der Waals surface area contributed by atoms with Crippen LogP contribution in [0.3, 0.4) is 0 Å². The van der Waals surface area contributed by atoms with Crippen molar-refractivity contribution in [2.75, 3.05) is 0 Å². The molecule has 90 valence electrons. The van der Waals surface area contributed by atoms with Gasteiger partial charge in [-0.3, -0.25) is 14.7 Å². The maximum atomic E-state index is 12.4. The average molecular weight is 233 g/mol. The van der Waals surface area contributed by atoms with Crippen LogP contribution in [0.15, 0.2) is 12.4 Å². The first-order valence-electron chi connectivity index (χ1n) is 4.63. The van der Waals surface area contributed by atoms with Crippen LogP contribution >= 0.6 is 0 Å². The Hall–Kier alpha value is -1.50. The molecule has 1 heterocycles. The molecule has 1 aromatic rings. The average Bonchev–Trinajstić information content (AvgIpc) is 2.62. The number of carboxylic acids is 1. The Labute approximate surface area is 91.1 Å². The fourth-order valence-corrected chi connectivity index (χ4v) is 1.03. The molecule has 0 aliphatic rings. The van der Waals surface area contributed by atoms with Crippen molar-refractivity contribution in [1.82, 2.24) is 14.9 Å². The van der Waals surface area contributed by atoms with Crippen LogP contribution in [0, 0.1) is 0 Å². The third kappa shape index (κ3) is 2.75. The first kappa shape index (κ1) is 12.6. The van der Waals surface area contributed by atoms with Gasteiger partial charge in [-0.15, -0.1) is 0 Å². The number of carboxylic acid groups (broad SMARTS) is 1. The number of rotatable bonds is 5. The summed E-state index contributed by atoms with van der Waals surface area (Å²) >= 11 is 0. The van der Waals surface area contributed by atoms with Gasteiger partial charge in [-0.2, -0.15) is 8.78 Å². The molecular weight excluding hydrogens is 220 g/mol. The lowest BCUT2D eigenvalue weighted by Crippen LogP contribution is -2.46. The second kappa shape index (κ2) is 4.56. The molecule has 16 heavy (non-hydrogen) atoms. The number of nitrogens with one attached hydrogen (secondary N) is 1. The van der Waals surface area contributed by atoms with E-state index < -0.39 is 18.1 Å². The van der Waals surface area contributed by atoms with Crippen molar-refractivity contribution in [3.63, 3.8) is 0 Å². The summed E-state index contributed by atoms with van der Waals surface area (Å²) in [5.74, 6) is -0.952. The molecule has 1 rings (SSSR count). The van der Waals surface area contributed by atoms with E-state index in [0.717, 1.165) is 6.20 Å². The van der Waals surface area contributed by atoms with Crippen LogP contribution in [-0.2, 0) is 11.3 Å². The normalized spacial score (nSPS) is 12.1. The van der Waals surface area contributed by atoms with E-state index >= 15 is 0 Å². The van der Waals surface area contributed by atoms with Crippen LogP contribution in [0.1, 0.15) is 26.2 Å². The molecule has 0 unspecified atom stereocenters. The molecule has 0 atom stereocenters. The largest absolute Gasteiger partial charge is 0.480 e. The van der Waals surface area contributed by atoms with Crippen molar-refractivity contribution in [1.29, 1.82) is 0 Å². The summed E-state index contributed by atoms with van der Waals surface area (Å²) in [7, 11) is 0. The number of hydrogen-bond donors (Lipinski definition) is 2. The zero-order valence-corrected chi connectivity index (χ0v) is 8.94. The van der Waals surface area contributed by atoms with Crippen LogP contribution in [-0.4, -0.2) is 26.2 Å². The molecule has 0 saturated heterocycles. The lowest BCUT2D eigenvalue weighted by atomic mass is 10.1. The quantitative estimate of drug-likeness (QED) is 0.802. The minimum Gasteiger partial charge on any atom is -0.480 e. The SMILES string of the molecule is CC(C)(NCc1nccn1C(F)F)C(=O)O. The van der Waals surface area contributed by atoms with Crippen molar-refractivity contribution in [3.8, 4) is 0 Å². The molecule has 0 aromatic carbocycles. The van der Waals surface area contributed by atoms with E-state index in [1.165, 1.54) is 20.0 Å². The third-order valence-electron chi connectivity index (χ3n) is 2.18. The van der Waals surface area contributed by atoms with Gasteiger partial charge in [-0.25, -0.2) is 4.98 Å². The van der Waals surface area contributed by atoms with Gasteiger partial charge in [0.1, 0.15) is 11.4 Å². The monoisotopic (exact) mass is 233 g/mol. The summed E-state index contributed by atoms with van der Waals surface area (Å²) < 4.78 is 25.5. The van der Waals surface area contributed by atoms with Gasteiger partial charge in [0, 0.05) is 12.4 Å². The highest BCUT2D eigenvalue weighted by molar-refractivity contribution is 5.77. The zero-order chi connectivity index (χ0) is 12.3. The van der Waals surface area contributed by atoms with Crippen LogP contribution in [0.2, 0.25) is 0 Å². The molecule has 0 saturated carbocycles. The van der Waals surface area contributed by atoms with Crippen LogP contribution in [0.4, 0.5) is 8.78 Å². The summed E-state index contributed by atoms with van der Waals surface area (Å²) in [6, 6.07) is 0. The molecule has 5 nitrogen and oxygen atoms in total. The van der Waals surface area contributed by atoms with Gasteiger partial charge in [0.2, 0.25) is 0 Å². The molecule has 0 aliphatic carbocycles.